The van der Waals surface area contributed by atoms with E-state index in [4.69, 9.17) is 6.42 Å². The lowest BCUT2D eigenvalue weighted by Gasteiger charge is -2.20. The van der Waals surface area contributed by atoms with Gasteiger partial charge in [0.25, 0.3) is 5.91 Å². The highest BCUT2D eigenvalue weighted by molar-refractivity contribution is 5.95. The van der Waals surface area contributed by atoms with E-state index in [9.17, 15) is 23.7 Å². The van der Waals surface area contributed by atoms with Gasteiger partial charge in [-0.3, -0.25) is 14.9 Å². The van der Waals surface area contributed by atoms with E-state index in [0.717, 1.165) is 12.8 Å². The van der Waals surface area contributed by atoms with Gasteiger partial charge in [-0.15, -0.1) is 6.42 Å². The van der Waals surface area contributed by atoms with Crippen LogP contribution in [0.25, 0.3) is 0 Å². The number of hydrogen-bond donors (Lipinski definition) is 0. The van der Waals surface area contributed by atoms with Crippen molar-refractivity contribution in [1.82, 2.24) is 4.90 Å². The van der Waals surface area contributed by atoms with Crippen molar-refractivity contribution < 1.29 is 18.5 Å². The normalized spacial score (nSPS) is 13.6. The molecule has 21 heavy (non-hydrogen) atoms. The van der Waals surface area contributed by atoms with Gasteiger partial charge < -0.3 is 4.90 Å². The molecule has 1 fully saturated rings. The summed E-state index contributed by atoms with van der Waals surface area (Å²) in [6.45, 7) is 0.356. The number of amides is 1. The maximum Gasteiger partial charge on any atom is 0.307 e. The predicted octanol–water partition coefficient (Wildman–Crippen LogP) is 2.36. The number of halogens is 2. The minimum absolute atomic E-state index is 0.0205. The van der Waals surface area contributed by atoms with Crippen LogP contribution in [-0.2, 0) is 0 Å². The summed E-state index contributed by atoms with van der Waals surface area (Å²) < 4.78 is 27.4. The van der Waals surface area contributed by atoms with Crippen molar-refractivity contribution in [3.8, 4) is 12.3 Å². The molecule has 5 nitrogen and oxygen atoms in total. The Kier molecular flexibility index (Phi) is 4.17. The minimum Gasteiger partial charge on any atom is -0.327 e. The molecule has 1 saturated carbocycles. The van der Waals surface area contributed by atoms with Crippen molar-refractivity contribution in [3.63, 3.8) is 0 Å². The van der Waals surface area contributed by atoms with Gasteiger partial charge in [-0.1, -0.05) is 5.92 Å². The fourth-order valence-corrected chi connectivity index (χ4v) is 1.95. The Morgan fingerprint density at radius 1 is 1.43 bits per heavy atom. The van der Waals surface area contributed by atoms with Crippen LogP contribution < -0.4 is 0 Å². The third kappa shape index (κ3) is 3.34. The second-order valence-electron chi connectivity index (χ2n) is 4.87. The number of terminal acetylenes is 1. The summed E-state index contributed by atoms with van der Waals surface area (Å²) in [7, 11) is 0. The molecule has 1 aliphatic rings. The Morgan fingerprint density at radius 3 is 2.62 bits per heavy atom. The first kappa shape index (κ1) is 14.9. The topological polar surface area (TPSA) is 63.5 Å². The predicted molar refractivity (Wildman–Crippen MR) is 70.5 cm³/mol. The number of nitro groups is 1. The summed E-state index contributed by atoms with van der Waals surface area (Å²) in [6, 6.07) is 0.958. The average molecular weight is 294 g/mol. The van der Waals surface area contributed by atoms with Crippen molar-refractivity contribution in [2.45, 2.75) is 12.8 Å². The van der Waals surface area contributed by atoms with Crippen LogP contribution in [0.1, 0.15) is 23.2 Å². The van der Waals surface area contributed by atoms with Crippen LogP contribution >= 0.6 is 0 Å². The largest absolute Gasteiger partial charge is 0.327 e. The molecular formula is C14H12F2N2O3. The number of rotatable bonds is 5. The molecule has 0 N–H and O–H groups in total. The van der Waals surface area contributed by atoms with E-state index in [0.29, 0.717) is 24.6 Å². The highest BCUT2D eigenvalue weighted by Crippen LogP contribution is 2.30. The number of hydrogen-bond acceptors (Lipinski definition) is 3. The average Bonchev–Trinajstić information content (AvgIpc) is 3.23. The molecule has 0 saturated heterocycles. The molecule has 2 rings (SSSR count). The quantitative estimate of drug-likeness (QED) is 0.476. The summed E-state index contributed by atoms with van der Waals surface area (Å²) in [5.41, 5.74) is -1.55. The number of carbonyl (C=O) groups excluding carboxylic acids is 1. The lowest BCUT2D eigenvalue weighted by atomic mass is 10.1. The van der Waals surface area contributed by atoms with Crippen LogP contribution in [0.3, 0.4) is 0 Å². The van der Waals surface area contributed by atoms with Crippen LogP contribution in [-0.4, -0.2) is 28.8 Å². The molecule has 0 radical (unpaired) electrons. The van der Waals surface area contributed by atoms with Crippen LogP contribution in [0.15, 0.2) is 12.1 Å². The Balaban J connectivity index is 2.30. The zero-order valence-electron chi connectivity index (χ0n) is 11.0. The summed E-state index contributed by atoms with van der Waals surface area (Å²) in [4.78, 5) is 22.9. The molecule has 0 spiro atoms. The molecule has 110 valence electrons. The molecule has 0 atom stereocenters. The Hall–Kier alpha value is -2.49. The van der Waals surface area contributed by atoms with E-state index >= 15 is 0 Å². The highest BCUT2D eigenvalue weighted by Gasteiger charge is 2.29. The smallest absolute Gasteiger partial charge is 0.307 e. The molecule has 1 aliphatic carbocycles. The zero-order chi connectivity index (χ0) is 15.6. The van der Waals surface area contributed by atoms with Crippen molar-refractivity contribution in [3.05, 3.63) is 39.4 Å². The molecule has 1 amide bonds. The molecule has 1 aromatic rings. The fraction of sp³-hybridized carbons (Fsp3) is 0.357. The molecular weight excluding hydrogens is 282 g/mol. The van der Waals surface area contributed by atoms with Gasteiger partial charge in [-0.25, -0.2) is 4.39 Å². The molecule has 0 aromatic heterocycles. The maximum atomic E-state index is 13.8. The number of nitrogens with zero attached hydrogens (tertiary/aromatic N) is 2. The van der Waals surface area contributed by atoms with E-state index in [1.54, 1.807) is 0 Å². The highest BCUT2D eigenvalue weighted by atomic mass is 19.1. The van der Waals surface area contributed by atoms with E-state index in [2.05, 4.69) is 5.92 Å². The summed E-state index contributed by atoms with van der Waals surface area (Å²) >= 11 is 0. The second kappa shape index (κ2) is 5.87. The van der Waals surface area contributed by atoms with Gasteiger partial charge in [-0.05, 0) is 24.8 Å². The van der Waals surface area contributed by atoms with Gasteiger partial charge in [0.15, 0.2) is 0 Å². The van der Waals surface area contributed by atoms with Gasteiger partial charge in [0.05, 0.1) is 23.1 Å². The van der Waals surface area contributed by atoms with Gasteiger partial charge in [0.2, 0.25) is 5.82 Å². The Labute approximate surface area is 119 Å². The lowest BCUT2D eigenvalue weighted by Crippen LogP contribution is -2.34. The molecule has 0 unspecified atom stereocenters. The maximum absolute atomic E-state index is 13.8. The van der Waals surface area contributed by atoms with Gasteiger partial charge in [0, 0.05) is 6.54 Å². The van der Waals surface area contributed by atoms with Crippen molar-refractivity contribution >= 4 is 11.6 Å². The molecule has 1 aromatic carbocycles. The monoisotopic (exact) mass is 294 g/mol. The number of carbonyl (C=O) groups is 1. The minimum atomic E-state index is -1.25. The third-order valence-electron chi connectivity index (χ3n) is 3.21. The van der Waals surface area contributed by atoms with Crippen LogP contribution in [0.4, 0.5) is 14.5 Å². The Bertz CT molecular complexity index is 636. The summed E-state index contributed by atoms with van der Waals surface area (Å²) in [5, 5.41) is 10.5. The lowest BCUT2D eigenvalue weighted by molar-refractivity contribution is -0.387. The summed E-state index contributed by atoms with van der Waals surface area (Å²) in [6.07, 6.45) is 7.10. The van der Waals surface area contributed by atoms with Crippen LogP contribution in [0.5, 0.6) is 0 Å². The van der Waals surface area contributed by atoms with Crippen molar-refractivity contribution in [1.29, 1.82) is 0 Å². The summed E-state index contributed by atoms with van der Waals surface area (Å²) in [5.74, 6) is -0.521. The first-order valence-electron chi connectivity index (χ1n) is 6.30. The number of nitro benzene ring substituents is 1. The van der Waals surface area contributed by atoms with Crippen molar-refractivity contribution in [2.24, 2.45) is 5.92 Å². The Morgan fingerprint density at radius 2 is 2.10 bits per heavy atom. The zero-order valence-corrected chi connectivity index (χ0v) is 11.0. The SMILES string of the molecule is C#CCN(CC1CC1)C(=O)c1cc(F)c([N+](=O)[O-])cc1F. The fourth-order valence-electron chi connectivity index (χ4n) is 1.95. The number of benzene rings is 1. The van der Waals surface area contributed by atoms with Crippen LogP contribution in [0.2, 0.25) is 0 Å². The van der Waals surface area contributed by atoms with E-state index in [1.807, 2.05) is 0 Å². The van der Waals surface area contributed by atoms with E-state index < -0.39 is 33.7 Å². The van der Waals surface area contributed by atoms with E-state index in [-0.39, 0.29) is 6.54 Å². The standard InChI is InChI=1S/C14H12F2N2O3/c1-2-5-17(8-9-3-4-9)14(19)10-6-12(16)13(18(20)21)7-11(10)15/h1,6-7,9H,3-5,8H2. The first-order chi connectivity index (χ1) is 9.93. The molecule has 7 heteroatoms. The van der Waals surface area contributed by atoms with Crippen LogP contribution in [0, 0.1) is 40.0 Å². The molecule has 0 heterocycles. The van der Waals surface area contributed by atoms with Gasteiger partial charge in [0.1, 0.15) is 5.82 Å². The molecule has 0 aliphatic heterocycles. The van der Waals surface area contributed by atoms with E-state index in [1.165, 1.54) is 4.90 Å². The molecule has 0 bridgehead atoms. The first-order valence-corrected chi connectivity index (χ1v) is 6.30. The van der Waals surface area contributed by atoms with Gasteiger partial charge >= 0.3 is 5.69 Å². The van der Waals surface area contributed by atoms with Gasteiger partial charge in [-0.2, -0.15) is 4.39 Å². The third-order valence-corrected chi connectivity index (χ3v) is 3.21. The van der Waals surface area contributed by atoms with Crippen molar-refractivity contribution in [2.75, 3.05) is 13.1 Å². The second-order valence-corrected chi connectivity index (χ2v) is 4.87.